The van der Waals surface area contributed by atoms with Gasteiger partial charge in [-0.05, 0) is 43.0 Å². The molecule has 1 saturated heterocycles. The van der Waals surface area contributed by atoms with Gasteiger partial charge in [-0.15, -0.1) is 0 Å². The van der Waals surface area contributed by atoms with E-state index in [1.54, 1.807) is 18.2 Å². The van der Waals surface area contributed by atoms with Gasteiger partial charge in [0, 0.05) is 44.0 Å². The molecule has 2 aromatic rings. The molecule has 1 aliphatic heterocycles. The molecule has 1 aromatic heterocycles. The minimum atomic E-state index is -4.77. The van der Waals surface area contributed by atoms with Crippen molar-refractivity contribution in [3.63, 3.8) is 0 Å². The standard InChI is InChI=1S/C25H31F3N6O2/c1-24(2,3)16-34(22-13-20(25(26,27)28)30-21(14-29)31-22)32-23(35)18-7-5-17(6-8-18)15-33(4)19-9-11-36-12-10-19/h5-8,13,19H,9-12,15-16H2,1-4H3,(H,32,35). The Kier molecular flexibility index (Phi) is 8.53. The van der Waals surface area contributed by atoms with Gasteiger partial charge in [-0.3, -0.25) is 20.1 Å². The van der Waals surface area contributed by atoms with Gasteiger partial charge in [-0.25, -0.2) is 4.98 Å². The molecule has 36 heavy (non-hydrogen) atoms. The van der Waals surface area contributed by atoms with Crippen LogP contribution in [0.1, 0.15) is 61.1 Å². The summed E-state index contributed by atoms with van der Waals surface area (Å²) >= 11 is 0. The van der Waals surface area contributed by atoms with Crippen LogP contribution in [-0.4, -0.2) is 53.6 Å². The van der Waals surface area contributed by atoms with Crippen LogP contribution in [-0.2, 0) is 17.5 Å². The molecule has 1 N–H and O–H groups in total. The van der Waals surface area contributed by atoms with E-state index in [0.29, 0.717) is 11.6 Å². The summed E-state index contributed by atoms with van der Waals surface area (Å²) in [5, 5.41) is 10.4. The topological polar surface area (TPSA) is 94.4 Å². The number of carbonyl (C=O) groups is 1. The molecule has 0 unspecified atom stereocenters. The summed E-state index contributed by atoms with van der Waals surface area (Å²) in [6, 6.07) is 9.81. The highest BCUT2D eigenvalue weighted by Crippen LogP contribution is 2.30. The Morgan fingerprint density at radius 2 is 1.81 bits per heavy atom. The Labute approximate surface area is 209 Å². The Morgan fingerprint density at radius 3 is 2.36 bits per heavy atom. The molecule has 1 amide bonds. The Morgan fingerprint density at radius 1 is 1.17 bits per heavy atom. The minimum Gasteiger partial charge on any atom is -0.381 e. The lowest BCUT2D eigenvalue weighted by molar-refractivity contribution is -0.141. The lowest BCUT2D eigenvalue weighted by Gasteiger charge is -2.31. The van der Waals surface area contributed by atoms with Crippen LogP contribution in [0, 0.1) is 16.7 Å². The number of carbonyl (C=O) groups excluding carboxylic acids is 1. The summed E-state index contributed by atoms with van der Waals surface area (Å²) in [5.41, 5.74) is 2.36. The van der Waals surface area contributed by atoms with Gasteiger partial charge in [0.2, 0.25) is 5.82 Å². The Bertz CT molecular complexity index is 1090. The average Bonchev–Trinajstić information content (AvgIpc) is 2.83. The maximum absolute atomic E-state index is 13.3. The van der Waals surface area contributed by atoms with Crippen molar-refractivity contribution in [3.05, 3.63) is 53.0 Å². The normalized spacial score (nSPS) is 15.0. The highest BCUT2D eigenvalue weighted by atomic mass is 19.4. The predicted octanol–water partition coefficient (Wildman–Crippen LogP) is 4.18. The van der Waals surface area contributed by atoms with Crippen LogP contribution in [0.2, 0.25) is 0 Å². The molecule has 0 bridgehead atoms. The molecule has 11 heteroatoms. The first-order valence-electron chi connectivity index (χ1n) is 11.7. The summed E-state index contributed by atoms with van der Waals surface area (Å²) in [4.78, 5) is 22.5. The second-order valence-electron chi connectivity index (χ2n) is 10.1. The fraction of sp³-hybridized carbons (Fsp3) is 0.520. The first kappa shape index (κ1) is 27.4. The molecule has 0 atom stereocenters. The molecule has 194 valence electrons. The van der Waals surface area contributed by atoms with Crippen molar-refractivity contribution in [2.75, 3.05) is 31.8 Å². The number of anilines is 1. The maximum Gasteiger partial charge on any atom is 0.433 e. The molecule has 3 rings (SSSR count). The number of rotatable bonds is 7. The van der Waals surface area contributed by atoms with E-state index >= 15 is 0 Å². The number of alkyl halides is 3. The lowest BCUT2D eigenvalue weighted by Crippen LogP contribution is -2.47. The highest BCUT2D eigenvalue weighted by molar-refractivity contribution is 5.95. The summed E-state index contributed by atoms with van der Waals surface area (Å²) in [6.07, 6.45) is -2.81. The molecule has 0 spiro atoms. The van der Waals surface area contributed by atoms with E-state index in [0.717, 1.165) is 44.2 Å². The summed E-state index contributed by atoms with van der Waals surface area (Å²) < 4.78 is 45.5. The van der Waals surface area contributed by atoms with Gasteiger partial charge in [-0.1, -0.05) is 32.9 Å². The van der Waals surface area contributed by atoms with Crippen LogP contribution in [0.25, 0.3) is 0 Å². The molecule has 1 aliphatic rings. The average molecular weight is 505 g/mol. The molecular weight excluding hydrogens is 473 g/mol. The van der Waals surface area contributed by atoms with Crippen LogP contribution in [0.3, 0.4) is 0 Å². The Hall–Kier alpha value is -3.23. The van der Waals surface area contributed by atoms with Crippen molar-refractivity contribution in [2.24, 2.45) is 5.41 Å². The first-order chi connectivity index (χ1) is 16.9. The summed E-state index contributed by atoms with van der Waals surface area (Å²) in [6.45, 7) is 7.98. The third-order valence-corrected chi connectivity index (χ3v) is 5.71. The minimum absolute atomic E-state index is 0.145. The number of aromatic nitrogens is 2. The second kappa shape index (κ2) is 11.2. The quantitative estimate of drug-likeness (QED) is 0.566. The number of hydrogen-bond acceptors (Lipinski definition) is 7. The van der Waals surface area contributed by atoms with Crippen LogP contribution in [0.5, 0.6) is 0 Å². The number of hydrazine groups is 1. The summed E-state index contributed by atoms with van der Waals surface area (Å²) in [7, 11) is 2.06. The zero-order valence-corrected chi connectivity index (χ0v) is 20.9. The van der Waals surface area contributed by atoms with Crippen molar-refractivity contribution >= 4 is 11.7 Å². The van der Waals surface area contributed by atoms with Crippen molar-refractivity contribution in [1.82, 2.24) is 20.3 Å². The molecule has 0 saturated carbocycles. The zero-order chi connectivity index (χ0) is 26.5. The van der Waals surface area contributed by atoms with Gasteiger partial charge in [0.1, 0.15) is 6.07 Å². The summed E-state index contributed by atoms with van der Waals surface area (Å²) in [5.74, 6) is -1.35. The van der Waals surface area contributed by atoms with Crippen molar-refractivity contribution in [2.45, 2.75) is 52.4 Å². The van der Waals surface area contributed by atoms with E-state index in [9.17, 15) is 18.0 Å². The molecule has 0 aliphatic carbocycles. The number of ether oxygens (including phenoxy) is 1. The van der Waals surface area contributed by atoms with Gasteiger partial charge in [0.15, 0.2) is 11.5 Å². The van der Waals surface area contributed by atoms with E-state index in [1.807, 2.05) is 32.9 Å². The van der Waals surface area contributed by atoms with Gasteiger partial charge in [0.25, 0.3) is 5.91 Å². The molecule has 8 nitrogen and oxygen atoms in total. The van der Waals surface area contributed by atoms with Gasteiger partial charge in [-0.2, -0.15) is 23.4 Å². The van der Waals surface area contributed by atoms with Crippen molar-refractivity contribution in [3.8, 4) is 6.07 Å². The monoisotopic (exact) mass is 504 g/mol. The van der Waals surface area contributed by atoms with Crippen LogP contribution in [0.4, 0.5) is 19.0 Å². The fourth-order valence-electron chi connectivity index (χ4n) is 3.91. The second-order valence-corrected chi connectivity index (χ2v) is 10.1. The number of benzene rings is 1. The SMILES string of the molecule is CN(Cc1ccc(C(=O)NN(CC(C)(C)C)c2cc(C(F)(F)F)nc(C#N)n2)cc1)C1CCOCC1. The zero-order valence-electron chi connectivity index (χ0n) is 20.9. The maximum atomic E-state index is 13.3. The number of nitrogens with one attached hydrogen (secondary N) is 1. The largest absolute Gasteiger partial charge is 0.433 e. The van der Waals surface area contributed by atoms with Gasteiger partial charge < -0.3 is 4.74 Å². The van der Waals surface area contributed by atoms with Crippen molar-refractivity contribution < 1.29 is 22.7 Å². The molecule has 2 heterocycles. The van der Waals surface area contributed by atoms with E-state index < -0.39 is 29.0 Å². The van der Waals surface area contributed by atoms with E-state index in [4.69, 9.17) is 10.00 Å². The van der Waals surface area contributed by atoms with Crippen molar-refractivity contribution in [1.29, 1.82) is 5.26 Å². The van der Waals surface area contributed by atoms with E-state index in [2.05, 4.69) is 27.3 Å². The lowest BCUT2D eigenvalue weighted by atomic mass is 9.96. The predicted molar refractivity (Wildman–Crippen MR) is 128 cm³/mol. The number of hydrogen-bond donors (Lipinski definition) is 1. The number of halogens is 3. The van der Waals surface area contributed by atoms with E-state index in [1.165, 1.54) is 5.01 Å². The highest BCUT2D eigenvalue weighted by Gasteiger charge is 2.35. The van der Waals surface area contributed by atoms with E-state index in [-0.39, 0.29) is 12.4 Å². The molecular formula is C25H31F3N6O2. The Balaban J connectivity index is 1.78. The number of nitrogens with zero attached hydrogens (tertiary/aromatic N) is 5. The van der Waals surface area contributed by atoms with Gasteiger partial charge >= 0.3 is 6.18 Å². The third kappa shape index (κ3) is 7.63. The molecule has 1 fully saturated rings. The number of nitriles is 1. The molecule has 0 radical (unpaired) electrons. The van der Waals surface area contributed by atoms with Crippen LogP contribution >= 0.6 is 0 Å². The van der Waals surface area contributed by atoms with Crippen LogP contribution in [0.15, 0.2) is 30.3 Å². The first-order valence-corrected chi connectivity index (χ1v) is 11.7. The third-order valence-electron chi connectivity index (χ3n) is 5.71. The fourth-order valence-corrected chi connectivity index (χ4v) is 3.91. The number of amides is 1. The van der Waals surface area contributed by atoms with Gasteiger partial charge in [0.05, 0.1) is 0 Å². The molecule has 1 aromatic carbocycles. The smallest absolute Gasteiger partial charge is 0.381 e. The van der Waals surface area contributed by atoms with Crippen LogP contribution < -0.4 is 10.4 Å².